The van der Waals surface area contributed by atoms with E-state index in [9.17, 15) is 0 Å². The van der Waals surface area contributed by atoms with Crippen molar-refractivity contribution >= 4 is 33.6 Å². The van der Waals surface area contributed by atoms with E-state index in [0.717, 1.165) is 16.9 Å². The zero-order valence-corrected chi connectivity index (χ0v) is 13.0. The van der Waals surface area contributed by atoms with E-state index in [-0.39, 0.29) is 0 Å². The molecule has 4 atom stereocenters. The molecule has 2 aliphatic carbocycles. The van der Waals surface area contributed by atoms with Gasteiger partial charge in [0.25, 0.3) is 0 Å². The lowest BCUT2D eigenvalue weighted by molar-refractivity contribution is 0.461. The standard InChI is InChI=1S/C15H22N2S2/c1-3-7-12-10(5-1)16-14(18-12)9-15-17-11-6-2-4-8-13(11)19-15/h10-13H,1-9H2. The molecular formula is C15H22N2S2. The topological polar surface area (TPSA) is 24.7 Å². The molecule has 0 aromatic carbocycles. The lowest BCUT2D eigenvalue weighted by atomic mass is 9.95. The third-order valence-corrected chi connectivity index (χ3v) is 7.58. The summed E-state index contributed by atoms with van der Waals surface area (Å²) in [4.78, 5) is 9.95. The van der Waals surface area contributed by atoms with Crippen LogP contribution in [0, 0.1) is 0 Å². The van der Waals surface area contributed by atoms with Crippen molar-refractivity contribution in [2.75, 3.05) is 0 Å². The number of thioether (sulfide) groups is 2. The first-order chi connectivity index (χ1) is 9.38. The van der Waals surface area contributed by atoms with Crippen LogP contribution in [-0.4, -0.2) is 32.7 Å². The molecule has 2 saturated carbocycles. The van der Waals surface area contributed by atoms with Crippen molar-refractivity contribution in [2.24, 2.45) is 9.98 Å². The Morgan fingerprint density at radius 1 is 0.737 bits per heavy atom. The zero-order chi connectivity index (χ0) is 12.7. The monoisotopic (exact) mass is 294 g/mol. The Kier molecular flexibility index (Phi) is 3.65. The minimum absolute atomic E-state index is 0.642. The molecule has 19 heavy (non-hydrogen) atoms. The molecule has 0 N–H and O–H groups in total. The van der Waals surface area contributed by atoms with Gasteiger partial charge in [-0.15, -0.1) is 23.5 Å². The SMILES string of the molecule is C1CCC2SC(CC3=NC4CCCCC4S3)=NC2C1. The predicted octanol–water partition coefficient (Wildman–Crippen LogP) is 4.29. The number of hydrogen-bond acceptors (Lipinski definition) is 4. The van der Waals surface area contributed by atoms with Crippen LogP contribution in [0.5, 0.6) is 0 Å². The summed E-state index contributed by atoms with van der Waals surface area (Å²) in [6.07, 6.45) is 12.1. The van der Waals surface area contributed by atoms with Crippen LogP contribution in [0.15, 0.2) is 9.98 Å². The van der Waals surface area contributed by atoms with Crippen LogP contribution >= 0.6 is 23.5 Å². The minimum atomic E-state index is 0.642. The average molecular weight is 294 g/mol. The molecule has 0 radical (unpaired) electrons. The summed E-state index contributed by atoms with van der Waals surface area (Å²) in [5.41, 5.74) is 0. The average Bonchev–Trinajstić information content (AvgIpc) is 3.00. The molecule has 4 unspecified atom stereocenters. The molecule has 0 saturated heterocycles. The largest absolute Gasteiger partial charge is 0.278 e. The van der Waals surface area contributed by atoms with Crippen molar-refractivity contribution < 1.29 is 0 Å². The molecule has 4 aliphatic rings. The highest BCUT2D eigenvalue weighted by Crippen LogP contribution is 2.41. The second kappa shape index (κ2) is 5.44. The molecule has 0 bridgehead atoms. The summed E-state index contributed by atoms with van der Waals surface area (Å²) in [5.74, 6) is 0. The molecule has 0 spiro atoms. The fourth-order valence-corrected chi connectivity index (χ4v) is 6.71. The summed E-state index contributed by atoms with van der Waals surface area (Å²) in [5, 5.41) is 4.39. The quantitative estimate of drug-likeness (QED) is 0.759. The zero-order valence-electron chi connectivity index (χ0n) is 11.4. The van der Waals surface area contributed by atoms with Gasteiger partial charge < -0.3 is 0 Å². The van der Waals surface area contributed by atoms with Crippen molar-refractivity contribution in [3.8, 4) is 0 Å². The van der Waals surface area contributed by atoms with E-state index in [1.54, 1.807) is 0 Å². The smallest absolute Gasteiger partial charge is 0.0748 e. The van der Waals surface area contributed by atoms with Gasteiger partial charge in [-0.2, -0.15) is 0 Å². The van der Waals surface area contributed by atoms with Crippen LogP contribution in [0.25, 0.3) is 0 Å². The van der Waals surface area contributed by atoms with Crippen molar-refractivity contribution in [3.63, 3.8) is 0 Å². The van der Waals surface area contributed by atoms with Gasteiger partial charge >= 0.3 is 0 Å². The van der Waals surface area contributed by atoms with Gasteiger partial charge in [0.05, 0.1) is 22.2 Å². The van der Waals surface area contributed by atoms with Gasteiger partial charge in [0.15, 0.2) is 0 Å². The Balaban J connectivity index is 1.40. The Morgan fingerprint density at radius 3 is 1.68 bits per heavy atom. The summed E-state index contributed by atoms with van der Waals surface area (Å²) in [7, 11) is 0. The Hall–Kier alpha value is 0.0400. The molecule has 2 nitrogen and oxygen atoms in total. The van der Waals surface area contributed by atoms with Crippen LogP contribution in [0.4, 0.5) is 0 Å². The second-order valence-electron chi connectivity index (χ2n) is 6.24. The van der Waals surface area contributed by atoms with Gasteiger partial charge in [0.1, 0.15) is 0 Å². The van der Waals surface area contributed by atoms with E-state index in [0.29, 0.717) is 12.1 Å². The minimum Gasteiger partial charge on any atom is -0.278 e. The van der Waals surface area contributed by atoms with Crippen LogP contribution < -0.4 is 0 Å². The van der Waals surface area contributed by atoms with Crippen molar-refractivity contribution in [1.29, 1.82) is 0 Å². The van der Waals surface area contributed by atoms with Gasteiger partial charge in [-0.3, -0.25) is 9.98 Å². The van der Waals surface area contributed by atoms with Gasteiger partial charge in [-0.05, 0) is 25.7 Å². The second-order valence-corrected chi connectivity index (χ2v) is 8.86. The normalized spacial score (nSPS) is 41.5. The van der Waals surface area contributed by atoms with E-state index >= 15 is 0 Å². The first-order valence-corrected chi connectivity index (χ1v) is 9.61. The fraction of sp³-hybridized carbons (Fsp3) is 0.867. The number of fused-ring (bicyclic) bond motifs is 2. The van der Waals surface area contributed by atoms with Gasteiger partial charge in [-0.25, -0.2) is 0 Å². The molecular weight excluding hydrogens is 272 g/mol. The Bertz CT molecular complexity index is 380. The molecule has 0 amide bonds. The molecule has 2 heterocycles. The van der Waals surface area contributed by atoms with Crippen LogP contribution in [-0.2, 0) is 0 Å². The molecule has 2 aliphatic heterocycles. The Morgan fingerprint density at radius 2 is 1.21 bits per heavy atom. The highest BCUT2D eigenvalue weighted by molar-refractivity contribution is 8.16. The Labute approximate surface area is 124 Å². The maximum absolute atomic E-state index is 4.98. The highest BCUT2D eigenvalue weighted by Gasteiger charge is 2.35. The fourth-order valence-electron chi connectivity index (χ4n) is 3.81. The maximum atomic E-state index is 4.98. The molecule has 4 rings (SSSR count). The number of aliphatic imine (C=N–C) groups is 2. The van der Waals surface area contributed by atoms with Crippen molar-refractivity contribution in [1.82, 2.24) is 0 Å². The van der Waals surface area contributed by atoms with Crippen LogP contribution in [0.2, 0.25) is 0 Å². The first-order valence-electron chi connectivity index (χ1n) is 7.85. The summed E-state index contributed by atoms with van der Waals surface area (Å²) in [6.45, 7) is 0. The molecule has 104 valence electrons. The molecule has 2 fully saturated rings. The molecule has 0 aromatic rings. The van der Waals surface area contributed by atoms with Gasteiger partial charge in [0.2, 0.25) is 0 Å². The molecule has 4 heteroatoms. The third kappa shape index (κ3) is 2.63. The number of nitrogens with zero attached hydrogens (tertiary/aromatic N) is 2. The van der Waals surface area contributed by atoms with Crippen molar-refractivity contribution in [3.05, 3.63) is 0 Å². The van der Waals surface area contributed by atoms with E-state index in [4.69, 9.17) is 9.98 Å². The lowest BCUT2D eigenvalue weighted by Crippen LogP contribution is -2.21. The van der Waals surface area contributed by atoms with Crippen LogP contribution in [0.1, 0.15) is 57.8 Å². The number of hydrogen-bond donors (Lipinski definition) is 0. The summed E-state index contributed by atoms with van der Waals surface area (Å²) >= 11 is 4.14. The van der Waals surface area contributed by atoms with Crippen molar-refractivity contribution in [2.45, 2.75) is 80.4 Å². The van der Waals surface area contributed by atoms with Crippen LogP contribution in [0.3, 0.4) is 0 Å². The van der Waals surface area contributed by atoms with E-state index in [1.165, 1.54) is 61.5 Å². The highest BCUT2D eigenvalue weighted by atomic mass is 32.2. The lowest BCUT2D eigenvalue weighted by Gasteiger charge is -2.21. The summed E-state index contributed by atoms with van der Waals surface area (Å²) in [6, 6.07) is 1.28. The third-order valence-electron chi connectivity index (χ3n) is 4.83. The van der Waals surface area contributed by atoms with Gasteiger partial charge in [-0.1, -0.05) is 25.7 Å². The van der Waals surface area contributed by atoms with Gasteiger partial charge in [0, 0.05) is 16.9 Å². The first kappa shape index (κ1) is 12.8. The summed E-state index contributed by atoms with van der Waals surface area (Å²) < 4.78 is 0. The predicted molar refractivity (Wildman–Crippen MR) is 86.8 cm³/mol. The maximum Gasteiger partial charge on any atom is 0.0748 e. The molecule has 0 aromatic heterocycles. The van der Waals surface area contributed by atoms with E-state index in [2.05, 4.69) is 23.5 Å². The van der Waals surface area contributed by atoms with E-state index in [1.807, 2.05) is 0 Å². The number of rotatable bonds is 2. The van der Waals surface area contributed by atoms with E-state index < -0.39 is 0 Å².